The van der Waals surface area contributed by atoms with E-state index in [0.717, 1.165) is 39.0 Å². The highest BCUT2D eigenvalue weighted by molar-refractivity contribution is 5.69. The fraction of sp³-hybridized carbons (Fsp3) is 0.938. The van der Waals surface area contributed by atoms with E-state index in [1.807, 2.05) is 25.7 Å². The maximum Gasteiger partial charge on any atom is 0.410 e. The van der Waals surface area contributed by atoms with Gasteiger partial charge in [0.1, 0.15) is 5.60 Å². The molecule has 0 aromatic rings. The van der Waals surface area contributed by atoms with Crippen molar-refractivity contribution in [2.45, 2.75) is 58.1 Å². The molecule has 0 saturated carbocycles. The minimum absolute atomic E-state index is 0.167. The van der Waals surface area contributed by atoms with E-state index in [4.69, 9.17) is 4.74 Å². The van der Waals surface area contributed by atoms with Gasteiger partial charge in [-0.05, 0) is 73.6 Å². The van der Waals surface area contributed by atoms with Crippen molar-refractivity contribution in [2.24, 2.45) is 0 Å². The largest absolute Gasteiger partial charge is 0.444 e. The number of rotatable bonds is 7. The Balaban J connectivity index is 2.23. The first kappa shape index (κ1) is 18.2. The summed E-state index contributed by atoms with van der Waals surface area (Å²) in [6.45, 7) is 9.60. The summed E-state index contributed by atoms with van der Waals surface area (Å²) >= 11 is 0. The predicted molar refractivity (Wildman–Crippen MR) is 86.6 cm³/mol. The molecule has 1 aliphatic rings. The molecule has 21 heavy (non-hydrogen) atoms. The number of unbranched alkanes of at least 4 members (excludes halogenated alkanes) is 1. The van der Waals surface area contributed by atoms with Crippen molar-refractivity contribution < 1.29 is 9.53 Å². The number of hydrogen-bond donors (Lipinski definition) is 1. The Morgan fingerprint density at radius 1 is 1.33 bits per heavy atom. The van der Waals surface area contributed by atoms with Crippen LogP contribution in [0.1, 0.15) is 46.5 Å². The highest BCUT2D eigenvalue weighted by Crippen LogP contribution is 2.20. The maximum atomic E-state index is 12.2. The van der Waals surface area contributed by atoms with Crippen molar-refractivity contribution >= 4 is 6.09 Å². The number of nitrogens with zero attached hydrogens (tertiary/aromatic N) is 2. The topological polar surface area (TPSA) is 44.8 Å². The van der Waals surface area contributed by atoms with Crippen molar-refractivity contribution in [3.63, 3.8) is 0 Å². The molecule has 0 aliphatic carbocycles. The second-order valence-corrected chi connectivity index (χ2v) is 7.18. The van der Waals surface area contributed by atoms with Gasteiger partial charge in [0, 0.05) is 19.1 Å². The number of carbonyl (C=O) groups is 1. The van der Waals surface area contributed by atoms with E-state index in [9.17, 15) is 4.79 Å². The van der Waals surface area contributed by atoms with Crippen LogP contribution in [-0.4, -0.2) is 67.8 Å². The molecule has 1 saturated heterocycles. The lowest BCUT2D eigenvalue weighted by Crippen LogP contribution is -2.44. The third-order valence-corrected chi connectivity index (χ3v) is 3.59. The van der Waals surface area contributed by atoms with Gasteiger partial charge < -0.3 is 19.9 Å². The van der Waals surface area contributed by atoms with E-state index >= 15 is 0 Å². The Kier molecular flexibility index (Phi) is 7.46. The van der Waals surface area contributed by atoms with Gasteiger partial charge in [0.15, 0.2) is 0 Å². The molecule has 0 spiro atoms. The molecule has 0 bridgehead atoms. The molecule has 1 N–H and O–H groups in total. The average Bonchev–Trinajstić information content (AvgIpc) is 2.79. The molecule has 1 unspecified atom stereocenters. The van der Waals surface area contributed by atoms with Crippen molar-refractivity contribution in [2.75, 3.05) is 40.3 Å². The lowest BCUT2D eigenvalue weighted by molar-refractivity contribution is 0.0226. The van der Waals surface area contributed by atoms with Gasteiger partial charge in [0.2, 0.25) is 0 Å². The molecular weight excluding hydrogens is 266 g/mol. The second-order valence-electron chi connectivity index (χ2n) is 7.18. The van der Waals surface area contributed by atoms with Gasteiger partial charge in [-0.2, -0.15) is 0 Å². The van der Waals surface area contributed by atoms with Crippen LogP contribution in [-0.2, 0) is 4.74 Å². The number of nitrogens with one attached hydrogen (secondary N) is 1. The molecule has 0 aromatic carbocycles. The summed E-state index contributed by atoms with van der Waals surface area (Å²) in [5.74, 6) is 0. The summed E-state index contributed by atoms with van der Waals surface area (Å²) in [6, 6.07) is 0.286. The van der Waals surface area contributed by atoms with Crippen molar-refractivity contribution in [1.29, 1.82) is 0 Å². The quantitative estimate of drug-likeness (QED) is 0.733. The first-order valence-corrected chi connectivity index (χ1v) is 8.14. The number of carbonyl (C=O) groups excluding carboxylic acids is 1. The third-order valence-electron chi connectivity index (χ3n) is 3.59. The molecule has 0 aromatic heterocycles. The summed E-state index contributed by atoms with van der Waals surface area (Å²) in [6.07, 6.45) is 4.37. The monoisotopic (exact) mass is 299 g/mol. The first-order valence-electron chi connectivity index (χ1n) is 8.14. The van der Waals surface area contributed by atoms with Crippen molar-refractivity contribution in [1.82, 2.24) is 15.1 Å². The molecule has 124 valence electrons. The van der Waals surface area contributed by atoms with Gasteiger partial charge in [-0.1, -0.05) is 0 Å². The number of hydrogen-bond acceptors (Lipinski definition) is 4. The Labute approximate surface area is 130 Å². The average molecular weight is 299 g/mol. The zero-order valence-corrected chi connectivity index (χ0v) is 14.4. The fourth-order valence-corrected chi connectivity index (χ4v) is 2.56. The van der Waals surface area contributed by atoms with E-state index in [-0.39, 0.29) is 12.1 Å². The van der Waals surface area contributed by atoms with Crippen molar-refractivity contribution in [3.05, 3.63) is 0 Å². The SMILES string of the molecule is CN(C)CCCCNCC1CCCN1C(=O)OC(C)(C)C. The summed E-state index contributed by atoms with van der Waals surface area (Å²) in [7, 11) is 4.20. The van der Waals surface area contributed by atoms with Crippen molar-refractivity contribution in [3.8, 4) is 0 Å². The Morgan fingerprint density at radius 2 is 2.05 bits per heavy atom. The van der Waals surface area contributed by atoms with Gasteiger partial charge in [-0.25, -0.2) is 4.79 Å². The molecule has 1 amide bonds. The minimum atomic E-state index is -0.413. The fourth-order valence-electron chi connectivity index (χ4n) is 2.56. The zero-order chi connectivity index (χ0) is 15.9. The van der Waals surface area contributed by atoms with Crippen LogP contribution >= 0.6 is 0 Å². The van der Waals surface area contributed by atoms with Gasteiger partial charge in [-0.15, -0.1) is 0 Å². The van der Waals surface area contributed by atoms with E-state index < -0.39 is 5.60 Å². The van der Waals surface area contributed by atoms with E-state index in [2.05, 4.69) is 24.3 Å². The highest BCUT2D eigenvalue weighted by atomic mass is 16.6. The molecule has 0 radical (unpaired) electrons. The van der Waals surface area contributed by atoms with Crippen LogP contribution in [0, 0.1) is 0 Å². The molecule has 5 heteroatoms. The van der Waals surface area contributed by atoms with Crippen LogP contribution in [0.25, 0.3) is 0 Å². The van der Waals surface area contributed by atoms with Crippen LogP contribution in [0.2, 0.25) is 0 Å². The van der Waals surface area contributed by atoms with Crippen LogP contribution in [0.15, 0.2) is 0 Å². The van der Waals surface area contributed by atoms with E-state index in [1.54, 1.807) is 0 Å². The molecule has 1 heterocycles. The number of ether oxygens (including phenoxy) is 1. The van der Waals surface area contributed by atoms with Crippen LogP contribution < -0.4 is 5.32 Å². The molecular formula is C16H33N3O2. The van der Waals surface area contributed by atoms with Gasteiger partial charge in [-0.3, -0.25) is 0 Å². The zero-order valence-electron chi connectivity index (χ0n) is 14.4. The van der Waals surface area contributed by atoms with Crippen LogP contribution in [0.5, 0.6) is 0 Å². The molecule has 1 fully saturated rings. The summed E-state index contributed by atoms with van der Waals surface area (Å²) in [4.78, 5) is 16.2. The lowest BCUT2D eigenvalue weighted by atomic mass is 10.2. The maximum absolute atomic E-state index is 12.2. The van der Waals surface area contributed by atoms with Gasteiger partial charge in [0.25, 0.3) is 0 Å². The molecule has 1 rings (SSSR count). The lowest BCUT2D eigenvalue weighted by Gasteiger charge is -2.28. The third kappa shape index (κ3) is 7.67. The molecule has 5 nitrogen and oxygen atoms in total. The van der Waals surface area contributed by atoms with Gasteiger partial charge >= 0.3 is 6.09 Å². The number of likely N-dealkylation sites (tertiary alicyclic amines) is 1. The predicted octanol–water partition coefficient (Wildman–Crippen LogP) is 2.32. The van der Waals surface area contributed by atoms with Crippen LogP contribution in [0.3, 0.4) is 0 Å². The first-order chi connectivity index (χ1) is 9.79. The molecule has 1 aliphatic heterocycles. The van der Waals surface area contributed by atoms with E-state index in [0.29, 0.717) is 0 Å². The van der Waals surface area contributed by atoms with Crippen LogP contribution in [0.4, 0.5) is 4.79 Å². The summed E-state index contributed by atoms with van der Waals surface area (Å²) < 4.78 is 5.48. The normalized spacial score (nSPS) is 19.3. The molecule has 1 atom stereocenters. The highest BCUT2D eigenvalue weighted by Gasteiger charge is 2.31. The number of amides is 1. The van der Waals surface area contributed by atoms with Gasteiger partial charge in [0.05, 0.1) is 0 Å². The second kappa shape index (κ2) is 8.59. The Bertz CT molecular complexity index is 313. The summed E-state index contributed by atoms with van der Waals surface area (Å²) in [5.41, 5.74) is -0.413. The minimum Gasteiger partial charge on any atom is -0.444 e. The Morgan fingerprint density at radius 3 is 2.67 bits per heavy atom. The standard InChI is InChI=1S/C16H33N3O2/c1-16(2,3)21-15(20)19-12-8-9-14(19)13-17-10-6-7-11-18(4)5/h14,17H,6-13H2,1-5H3. The summed E-state index contributed by atoms with van der Waals surface area (Å²) in [5, 5.41) is 3.48. The van der Waals surface area contributed by atoms with E-state index in [1.165, 1.54) is 12.8 Å². The smallest absolute Gasteiger partial charge is 0.410 e. The Hall–Kier alpha value is -0.810.